The fourth-order valence-electron chi connectivity index (χ4n) is 4.54. The van der Waals surface area contributed by atoms with Gasteiger partial charge < -0.3 is 29.4 Å². The zero-order valence-corrected chi connectivity index (χ0v) is 21.1. The Morgan fingerprint density at radius 3 is 2.28 bits per heavy atom. The van der Waals surface area contributed by atoms with E-state index in [2.05, 4.69) is 10.1 Å². The highest BCUT2D eigenvalue weighted by molar-refractivity contribution is 6.05. The van der Waals surface area contributed by atoms with Crippen LogP contribution in [0.1, 0.15) is 27.4 Å². The Balaban J connectivity index is 1.67. The maximum Gasteiger partial charge on any atom is 0.573 e. The molecule has 1 fully saturated rings. The van der Waals surface area contributed by atoms with Crippen LogP contribution in [-0.2, 0) is 11.3 Å². The molecule has 1 aliphatic rings. The average Bonchev–Trinajstić information content (AvgIpc) is 3.21. The first-order valence-electron chi connectivity index (χ1n) is 11.9. The van der Waals surface area contributed by atoms with E-state index in [4.69, 9.17) is 4.74 Å². The van der Waals surface area contributed by atoms with Crippen LogP contribution in [0.4, 0.5) is 18.9 Å². The van der Waals surface area contributed by atoms with Gasteiger partial charge >= 0.3 is 6.36 Å². The molecule has 2 amide bonds. The van der Waals surface area contributed by atoms with Gasteiger partial charge in [0.1, 0.15) is 23.2 Å². The summed E-state index contributed by atoms with van der Waals surface area (Å²) < 4.78 is 47.8. The van der Waals surface area contributed by atoms with Crippen molar-refractivity contribution in [2.45, 2.75) is 31.8 Å². The van der Waals surface area contributed by atoms with Crippen LogP contribution >= 0.6 is 0 Å². The van der Waals surface area contributed by atoms with Crippen molar-refractivity contribution in [1.29, 1.82) is 0 Å². The van der Waals surface area contributed by atoms with Crippen molar-refractivity contribution in [1.82, 2.24) is 9.88 Å². The lowest BCUT2D eigenvalue weighted by atomic mass is 9.93. The Bertz CT molecular complexity index is 1400. The Kier molecular flexibility index (Phi) is 7.95. The molecule has 1 aliphatic heterocycles. The van der Waals surface area contributed by atoms with Gasteiger partial charge in [-0.25, -0.2) is 0 Å². The molecule has 0 aliphatic carbocycles. The lowest BCUT2D eigenvalue weighted by molar-refractivity contribution is -0.274. The van der Waals surface area contributed by atoms with Crippen molar-refractivity contribution >= 4 is 17.5 Å². The molecular formula is C27H26F3N3O6. The highest BCUT2D eigenvalue weighted by atomic mass is 19.4. The predicted molar refractivity (Wildman–Crippen MR) is 135 cm³/mol. The molecule has 12 heteroatoms. The first-order valence-corrected chi connectivity index (χ1v) is 11.9. The molecule has 2 atom stereocenters. The summed E-state index contributed by atoms with van der Waals surface area (Å²) in [6.45, 7) is 1.54. The standard InChI is InChI=1S/C27H26F3N3O6/c1-16-11-12-32(13-14-34)26(37)23(16)33-15-21(17-3-7-19(38-2)8-4-17)22(25(33)36)31-24(35)18-5-9-20(10-6-18)39-27(28,29)30/h3-12,21-22,34H,13-15H2,1-2H3,(H,31,35)/t21-,22-/m0/s1. The van der Waals surface area contributed by atoms with E-state index < -0.39 is 41.4 Å². The minimum atomic E-state index is -4.87. The quantitative estimate of drug-likeness (QED) is 0.451. The Morgan fingerprint density at radius 1 is 1.05 bits per heavy atom. The number of pyridine rings is 1. The van der Waals surface area contributed by atoms with Gasteiger partial charge in [-0.2, -0.15) is 0 Å². The Hall–Kier alpha value is -4.32. The number of aryl methyl sites for hydroxylation is 1. The Morgan fingerprint density at radius 2 is 1.69 bits per heavy atom. The van der Waals surface area contributed by atoms with Gasteiger partial charge in [0, 0.05) is 30.8 Å². The van der Waals surface area contributed by atoms with Gasteiger partial charge in [0.05, 0.1) is 13.7 Å². The van der Waals surface area contributed by atoms with Gasteiger partial charge in [0.15, 0.2) is 0 Å². The number of benzene rings is 2. The summed E-state index contributed by atoms with van der Waals surface area (Å²) in [5.74, 6) is -1.67. The number of nitrogens with zero attached hydrogens (tertiary/aromatic N) is 2. The number of ether oxygens (including phenoxy) is 2. The molecule has 2 heterocycles. The first kappa shape index (κ1) is 27.7. The van der Waals surface area contributed by atoms with Crippen LogP contribution in [0.15, 0.2) is 65.6 Å². The van der Waals surface area contributed by atoms with Crippen LogP contribution in [-0.4, -0.2) is 54.2 Å². The van der Waals surface area contributed by atoms with Gasteiger partial charge in [0.2, 0.25) is 5.91 Å². The number of nitrogens with one attached hydrogen (secondary N) is 1. The monoisotopic (exact) mass is 545 g/mol. The van der Waals surface area contributed by atoms with Gasteiger partial charge in [-0.1, -0.05) is 12.1 Å². The van der Waals surface area contributed by atoms with E-state index in [-0.39, 0.29) is 30.9 Å². The molecule has 2 aromatic carbocycles. The molecule has 9 nitrogen and oxygen atoms in total. The van der Waals surface area contributed by atoms with E-state index in [1.165, 1.54) is 22.8 Å². The van der Waals surface area contributed by atoms with Crippen molar-refractivity contribution in [3.63, 3.8) is 0 Å². The molecule has 206 valence electrons. The number of anilines is 1. The van der Waals surface area contributed by atoms with E-state index >= 15 is 0 Å². The van der Waals surface area contributed by atoms with Crippen molar-refractivity contribution in [2.24, 2.45) is 0 Å². The average molecular weight is 546 g/mol. The largest absolute Gasteiger partial charge is 0.573 e. The van der Waals surface area contributed by atoms with Gasteiger partial charge in [-0.15, -0.1) is 13.2 Å². The first-order chi connectivity index (χ1) is 18.5. The molecule has 0 radical (unpaired) electrons. The van der Waals surface area contributed by atoms with E-state index in [1.54, 1.807) is 37.3 Å². The highest BCUT2D eigenvalue weighted by Crippen LogP contribution is 2.33. The van der Waals surface area contributed by atoms with Crippen molar-refractivity contribution in [2.75, 3.05) is 25.2 Å². The summed E-state index contributed by atoms with van der Waals surface area (Å²) in [5, 5.41) is 12.0. The zero-order chi connectivity index (χ0) is 28.3. The molecule has 0 saturated carbocycles. The summed E-state index contributed by atoms with van der Waals surface area (Å²) in [6, 6.07) is 11.8. The number of methoxy groups -OCH3 is 1. The van der Waals surface area contributed by atoms with Crippen molar-refractivity contribution in [3.05, 3.63) is 87.8 Å². The number of aliphatic hydroxyl groups is 1. The molecule has 1 saturated heterocycles. The zero-order valence-electron chi connectivity index (χ0n) is 21.1. The maximum atomic E-state index is 13.7. The number of carbonyl (C=O) groups is 2. The van der Waals surface area contributed by atoms with Crippen LogP contribution in [0, 0.1) is 6.92 Å². The van der Waals surface area contributed by atoms with Gasteiger partial charge in [-0.3, -0.25) is 14.4 Å². The van der Waals surface area contributed by atoms with Gasteiger partial charge in [0.25, 0.3) is 11.5 Å². The lowest BCUT2D eigenvalue weighted by Gasteiger charge is -2.20. The third-order valence-electron chi connectivity index (χ3n) is 6.45. The number of amides is 2. The molecular weight excluding hydrogens is 519 g/mol. The molecule has 3 aromatic rings. The number of carbonyl (C=O) groups excluding carboxylic acids is 2. The smallest absolute Gasteiger partial charge is 0.497 e. The number of hydrogen-bond donors (Lipinski definition) is 2. The maximum absolute atomic E-state index is 13.7. The minimum Gasteiger partial charge on any atom is -0.497 e. The predicted octanol–water partition coefficient (Wildman–Crippen LogP) is 2.99. The number of aromatic nitrogens is 1. The number of alkyl halides is 3. The summed E-state index contributed by atoms with van der Waals surface area (Å²) in [4.78, 5) is 41.3. The molecule has 1 aromatic heterocycles. The van der Waals surface area contributed by atoms with E-state index in [1.807, 2.05) is 0 Å². The third-order valence-corrected chi connectivity index (χ3v) is 6.45. The third kappa shape index (κ3) is 6.06. The second kappa shape index (κ2) is 11.2. The van der Waals surface area contributed by atoms with Crippen LogP contribution in [0.2, 0.25) is 0 Å². The lowest BCUT2D eigenvalue weighted by Crippen LogP contribution is -2.44. The van der Waals surface area contributed by atoms with Crippen LogP contribution in [0.5, 0.6) is 11.5 Å². The number of hydrogen-bond acceptors (Lipinski definition) is 6. The fraction of sp³-hybridized carbons (Fsp3) is 0.296. The van der Waals surface area contributed by atoms with Crippen LogP contribution in [0.25, 0.3) is 0 Å². The SMILES string of the molecule is COc1ccc([C@@H]2CN(c3c(C)ccn(CCO)c3=O)C(=O)[C@H]2NC(=O)c2ccc(OC(F)(F)F)cc2)cc1. The van der Waals surface area contributed by atoms with E-state index in [9.17, 15) is 32.7 Å². The summed E-state index contributed by atoms with van der Waals surface area (Å²) in [7, 11) is 1.51. The van der Waals surface area contributed by atoms with Crippen molar-refractivity contribution < 1.29 is 37.3 Å². The highest BCUT2D eigenvalue weighted by Gasteiger charge is 2.44. The van der Waals surface area contributed by atoms with Crippen molar-refractivity contribution in [3.8, 4) is 11.5 Å². The number of rotatable bonds is 8. The molecule has 4 rings (SSSR count). The summed E-state index contributed by atoms with van der Waals surface area (Å²) in [6.07, 6.45) is -3.34. The van der Waals surface area contributed by atoms with Crippen LogP contribution in [0.3, 0.4) is 0 Å². The van der Waals surface area contributed by atoms with Crippen LogP contribution < -0.4 is 25.2 Å². The second-order valence-electron chi connectivity index (χ2n) is 8.92. The topological polar surface area (TPSA) is 110 Å². The van der Waals surface area contributed by atoms with E-state index in [0.717, 1.165) is 24.3 Å². The molecule has 39 heavy (non-hydrogen) atoms. The fourth-order valence-corrected chi connectivity index (χ4v) is 4.54. The summed E-state index contributed by atoms with van der Waals surface area (Å²) >= 11 is 0. The second-order valence-corrected chi connectivity index (χ2v) is 8.92. The number of aliphatic hydroxyl groups excluding tert-OH is 1. The van der Waals surface area contributed by atoms with Gasteiger partial charge in [-0.05, 0) is 60.5 Å². The minimum absolute atomic E-state index is 0.0189. The molecule has 2 N–H and O–H groups in total. The molecule has 0 unspecified atom stereocenters. The van der Waals surface area contributed by atoms with E-state index in [0.29, 0.717) is 16.9 Å². The molecule has 0 spiro atoms. The molecule has 0 bridgehead atoms. The normalized spacial score (nSPS) is 17.3. The number of halogens is 3. The Labute approximate surface area is 221 Å². The summed E-state index contributed by atoms with van der Waals surface area (Å²) in [5.41, 5.74) is 0.946.